The van der Waals surface area contributed by atoms with Crippen molar-refractivity contribution in [1.82, 2.24) is 9.97 Å². The van der Waals surface area contributed by atoms with E-state index in [2.05, 4.69) is 22.2 Å². The minimum atomic E-state index is -4.62. The Morgan fingerprint density at radius 3 is 2.50 bits per heavy atom. The molecule has 0 amide bonds. The average molecular weight is 445 g/mol. The van der Waals surface area contributed by atoms with E-state index in [0.29, 0.717) is 18.0 Å². The third-order valence-electron chi connectivity index (χ3n) is 4.65. The van der Waals surface area contributed by atoms with E-state index in [-0.39, 0.29) is 18.4 Å². The summed E-state index contributed by atoms with van der Waals surface area (Å²) >= 11 is 0. The fourth-order valence-corrected chi connectivity index (χ4v) is 2.98. The summed E-state index contributed by atoms with van der Waals surface area (Å²) in [5, 5.41) is 2.74. The van der Waals surface area contributed by atoms with Crippen LogP contribution in [0.2, 0.25) is 0 Å². The molecule has 0 fully saturated rings. The lowest BCUT2D eigenvalue weighted by atomic mass is 10.2. The number of alkyl halides is 3. The Bertz CT molecular complexity index is 982. The molecule has 0 atom stereocenters. The quantitative estimate of drug-likeness (QED) is 0.330. The minimum Gasteiger partial charge on any atom is -0.494 e. The third-order valence-corrected chi connectivity index (χ3v) is 4.65. The predicted octanol–water partition coefficient (Wildman–Crippen LogP) is 6.78. The predicted molar refractivity (Wildman–Crippen MR) is 117 cm³/mol. The van der Waals surface area contributed by atoms with E-state index in [1.54, 1.807) is 24.3 Å². The molecule has 0 aliphatic heterocycles. The first-order valence-electron chi connectivity index (χ1n) is 10.6. The van der Waals surface area contributed by atoms with E-state index in [4.69, 9.17) is 9.47 Å². The van der Waals surface area contributed by atoms with Crippen LogP contribution in [0.25, 0.3) is 0 Å². The Labute approximate surface area is 185 Å². The van der Waals surface area contributed by atoms with Gasteiger partial charge in [-0.1, -0.05) is 62.6 Å². The molecular weight excluding hydrogens is 419 g/mol. The zero-order chi connectivity index (χ0) is 22.8. The molecule has 3 rings (SSSR count). The lowest BCUT2D eigenvalue weighted by molar-refractivity contribution is -0.137. The van der Waals surface area contributed by atoms with E-state index >= 15 is 0 Å². The zero-order valence-corrected chi connectivity index (χ0v) is 17.9. The van der Waals surface area contributed by atoms with Crippen molar-refractivity contribution in [2.75, 3.05) is 11.9 Å². The number of ether oxygens (including phenoxy) is 2. The molecule has 170 valence electrons. The van der Waals surface area contributed by atoms with Gasteiger partial charge in [0, 0.05) is 18.0 Å². The number of anilines is 2. The van der Waals surface area contributed by atoms with Crippen LogP contribution >= 0.6 is 0 Å². The van der Waals surface area contributed by atoms with E-state index in [9.17, 15) is 13.2 Å². The van der Waals surface area contributed by atoms with Gasteiger partial charge < -0.3 is 14.8 Å². The van der Waals surface area contributed by atoms with Gasteiger partial charge in [-0.05, 0) is 24.1 Å². The first-order valence-corrected chi connectivity index (χ1v) is 10.6. The van der Waals surface area contributed by atoms with Gasteiger partial charge >= 0.3 is 12.2 Å². The number of unbranched alkanes of at least 4 members (excludes halogenated alkanes) is 3. The molecule has 32 heavy (non-hydrogen) atoms. The van der Waals surface area contributed by atoms with Crippen molar-refractivity contribution in [2.45, 2.75) is 45.4 Å². The molecule has 8 heteroatoms. The van der Waals surface area contributed by atoms with Crippen LogP contribution in [0.5, 0.6) is 11.8 Å². The maximum absolute atomic E-state index is 13.5. The number of nitrogens with zero attached hydrogens (tertiary/aromatic N) is 2. The van der Waals surface area contributed by atoms with Crippen molar-refractivity contribution in [3.8, 4) is 11.8 Å². The fourth-order valence-electron chi connectivity index (χ4n) is 2.98. The zero-order valence-electron chi connectivity index (χ0n) is 17.9. The molecule has 3 aromatic rings. The maximum Gasteiger partial charge on any atom is 0.421 e. The lowest BCUT2D eigenvalue weighted by Gasteiger charge is -2.15. The largest absolute Gasteiger partial charge is 0.494 e. The highest BCUT2D eigenvalue weighted by atomic mass is 19.4. The Balaban J connectivity index is 1.72. The van der Waals surface area contributed by atoms with E-state index in [0.717, 1.165) is 37.4 Å². The molecule has 0 unspecified atom stereocenters. The number of rotatable bonds is 11. The van der Waals surface area contributed by atoms with Gasteiger partial charge in [0.2, 0.25) is 0 Å². The SMILES string of the molecule is CCCCCCOc1cccc(Nc2nc(OCc3ccccc3)ncc2C(F)(F)F)c1. The Morgan fingerprint density at radius 1 is 0.938 bits per heavy atom. The van der Waals surface area contributed by atoms with Gasteiger partial charge in [0.15, 0.2) is 0 Å². The second kappa shape index (κ2) is 11.4. The standard InChI is InChI=1S/C24H26F3N3O2/c1-2-3-4-8-14-31-20-13-9-12-19(15-20)29-22-21(24(25,26)27)16-28-23(30-22)32-17-18-10-6-5-7-11-18/h5-7,9-13,15-16H,2-4,8,14,17H2,1H3,(H,28,29,30). The van der Waals surface area contributed by atoms with Crippen molar-refractivity contribution < 1.29 is 22.6 Å². The number of aromatic nitrogens is 2. The summed E-state index contributed by atoms with van der Waals surface area (Å²) in [7, 11) is 0. The fraction of sp³-hybridized carbons (Fsp3) is 0.333. The van der Waals surface area contributed by atoms with Crippen molar-refractivity contribution in [3.05, 3.63) is 71.9 Å². The third kappa shape index (κ3) is 7.14. The highest BCUT2D eigenvalue weighted by Crippen LogP contribution is 2.35. The second-order valence-corrected chi connectivity index (χ2v) is 7.25. The Morgan fingerprint density at radius 2 is 1.75 bits per heavy atom. The highest BCUT2D eigenvalue weighted by molar-refractivity contribution is 5.61. The smallest absolute Gasteiger partial charge is 0.421 e. The monoisotopic (exact) mass is 445 g/mol. The molecule has 1 N–H and O–H groups in total. The average Bonchev–Trinajstić information content (AvgIpc) is 2.78. The van der Waals surface area contributed by atoms with Crippen LogP contribution in [0.4, 0.5) is 24.7 Å². The Hall–Kier alpha value is -3.29. The van der Waals surface area contributed by atoms with Crippen LogP contribution in [0.3, 0.4) is 0 Å². The van der Waals surface area contributed by atoms with Crippen LogP contribution in [0, 0.1) is 0 Å². The molecule has 0 saturated heterocycles. The summed E-state index contributed by atoms with van der Waals surface area (Å²) in [5.41, 5.74) is 0.305. The molecule has 0 aliphatic carbocycles. The van der Waals surface area contributed by atoms with Gasteiger partial charge in [0.05, 0.1) is 6.61 Å². The van der Waals surface area contributed by atoms with Gasteiger partial charge in [0.25, 0.3) is 0 Å². The van der Waals surface area contributed by atoms with Gasteiger partial charge in [-0.3, -0.25) is 0 Å². The molecule has 0 bridgehead atoms. The topological polar surface area (TPSA) is 56.3 Å². The van der Waals surface area contributed by atoms with Crippen LogP contribution < -0.4 is 14.8 Å². The van der Waals surface area contributed by atoms with Crippen LogP contribution in [-0.4, -0.2) is 16.6 Å². The highest BCUT2D eigenvalue weighted by Gasteiger charge is 2.35. The van der Waals surface area contributed by atoms with Crippen molar-refractivity contribution in [3.63, 3.8) is 0 Å². The minimum absolute atomic E-state index is 0.146. The normalized spacial score (nSPS) is 11.2. The van der Waals surface area contributed by atoms with Crippen molar-refractivity contribution in [2.24, 2.45) is 0 Å². The van der Waals surface area contributed by atoms with Crippen molar-refractivity contribution in [1.29, 1.82) is 0 Å². The maximum atomic E-state index is 13.5. The summed E-state index contributed by atoms with van der Waals surface area (Å²) in [5.74, 6) is 0.199. The van der Waals surface area contributed by atoms with Gasteiger partial charge in [0.1, 0.15) is 23.7 Å². The van der Waals surface area contributed by atoms with Gasteiger partial charge in [-0.2, -0.15) is 18.2 Å². The Kier molecular flexibility index (Phi) is 8.30. The first kappa shape index (κ1) is 23.4. The summed E-state index contributed by atoms with van der Waals surface area (Å²) in [6, 6.07) is 15.9. The lowest BCUT2D eigenvalue weighted by Crippen LogP contribution is -2.12. The number of nitrogens with one attached hydrogen (secondary N) is 1. The molecule has 5 nitrogen and oxygen atoms in total. The van der Waals surface area contributed by atoms with Crippen LogP contribution in [0.1, 0.15) is 43.7 Å². The van der Waals surface area contributed by atoms with Crippen LogP contribution in [-0.2, 0) is 12.8 Å². The number of hydrogen-bond acceptors (Lipinski definition) is 5. The second-order valence-electron chi connectivity index (χ2n) is 7.25. The number of halogens is 3. The summed E-state index contributed by atoms with van der Waals surface area (Å²) in [6.45, 7) is 2.84. The molecule has 1 aromatic heterocycles. The molecular formula is C24H26F3N3O2. The molecule has 0 spiro atoms. The van der Waals surface area contributed by atoms with Crippen molar-refractivity contribution >= 4 is 11.5 Å². The van der Waals surface area contributed by atoms with E-state index < -0.39 is 11.7 Å². The van der Waals surface area contributed by atoms with Gasteiger partial charge in [-0.25, -0.2) is 4.98 Å². The number of benzene rings is 2. The van der Waals surface area contributed by atoms with E-state index in [1.807, 2.05) is 30.3 Å². The van der Waals surface area contributed by atoms with Gasteiger partial charge in [-0.15, -0.1) is 0 Å². The summed E-state index contributed by atoms with van der Waals surface area (Å²) in [4.78, 5) is 7.70. The first-order chi connectivity index (χ1) is 15.5. The molecule has 2 aromatic carbocycles. The molecule has 0 aliphatic rings. The molecule has 1 heterocycles. The number of hydrogen-bond donors (Lipinski definition) is 1. The summed E-state index contributed by atoms with van der Waals surface area (Å²) < 4.78 is 51.7. The van der Waals surface area contributed by atoms with E-state index in [1.165, 1.54) is 0 Å². The van der Waals surface area contributed by atoms with Crippen LogP contribution in [0.15, 0.2) is 60.8 Å². The summed E-state index contributed by atoms with van der Waals surface area (Å²) in [6.07, 6.45) is 0.399. The molecule has 0 saturated carbocycles. The molecule has 0 radical (unpaired) electrons.